The standard InChI is InChI=1S/C22H39NO.BrH/c1-4-5-6-7-8-9-10-11-12-14-19-22(20-23(2)3)24-21-17-15-13-16-18-21;/h13,15-18,22H,4-12,14,19-20H2,1-3H3;1H. The smallest absolute Gasteiger partial charge is 0.119 e. The fourth-order valence-electron chi connectivity index (χ4n) is 3.15. The van der Waals surface area contributed by atoms with Crippen LogP contribution in [-0.4, -0.2) is 31.6 Å². The summed E-state index contributed by atoms with van der Waals surface area (Å²) in [5.74, 6) is 0.997. The Balaban J connectivity index is 0.00000576. The molecule has 0 aliphatic rings. The van der Waals surface area contributed by atoms with Crippen LogP contribution in [0.25, 0.3) is 0 Å². The number of ether oxygens (including phenoxy) is 1. The maximum absolute atomic E-state index is 6.17. The molecule has 0 bridgehead atoms. The van der Waals surface area contributed by atoms with Crippen molar-refractivity contribution in [1.82, 2.24) is 4.90 Å². The third-order valence-corrected chi connectivity index (χ3v) is 4.49. The first kappa shape index (κ1) is 24.5. The SMILES string of the molecule is Br.CCCCCCCCCCCCC(CN(C)C)Oc1ccccc1. The summed E-state index contributed by atoms with van der Waals surface area (Å²) in [7, 11) is 4.25. The minimum Gasteiger partial charge on any atom is -0.489 e. The van der Waals surface area contributed by atoms with Gasteiger partial charge in [-0.05, 0) is 39.1 Å². The molecule has 0 spiro atoms. The van der Waals surface area contributed by atoms with Crippen LogP contribution in [0.2, 0.25) is 0 Å². The molecule has 1 rings (SSSR count). The minimum absolute atomic E-state index is 0. The Bertz CT molecular complexity index is 383. The van der Waals surface area contributed by atoms with Gasteiger partial charge < -0.3 is 9.64 Å². The first-order valence-electron chi connectivity index (χ1n) is 10.1. The Morgan fingerprint density at radius 3 is 1.84 bits per heavy atom. The van der Waals surface area contributed by atoms with E-state index in [0.717, 1.165) is 18.7 Å². The van der Waals surface area contributed by atoms with E-state index in [0.29, 0.717) is 6.10 Å². The van der Waals surface area contributed by atoms with Crippen molar-refractivity contribution in [2.75, 3.05) is 20.6 Å². The number of rotatable bonds is 15. The molecule has 25 heavy (non-hydrogen) atoms. The highest BCUT2D eigenvalue weighted by molar-refractivity contribution is 8.93. The molecule has 3 heteroatoms. The predicted octanol–water partition coefficient (Wildman–Crippen LogP) is 6.88. The van der Waals surface area contributed by atoms with E-state index >= 15 is 0 Å². The second-order valence-corrected chi connectivity index (χ2v) is 7.29. The normalized spacial score (nSPS) is 12.0. The monoisotopic (exact) mass is 413 g/mol. The van der Waals surface area contributed by atoms with E-state index < -0.39 is 0 Å². The van der Waals surface area contributed by atoms with Crippen LogP contribution in [0.5, 0.6) is 5.75 Å². The first-order valence-corrected chi connectivity index (χ1v) is 10.1. The molecule has 0 amide bonds. The van der Waals surface area contributed by atoms with Crippen LogP contribution >= 0.6 is 17.0 Å². The summed E-state index contributed by atoms with van der Waals surface area (Å²) >= 11 is 0. The van der Waals surface area contributed by atoms with Gasteiger partial charge >= 0.3 is 0 Å². The third kappa shape index (κ3) is 14.3. The molecule has 2 nitrogen and oxygen atoms in total. The van der Waals surface area contributed by atoms with Crippen LogP contribution in [0.1, 0.15) is 77.6 Å². The van der Waals surface area contributed by atoms with Crippen molar-refractivity contribution in [3.63, 3.8) is 0 Å². The van der Waals surface area contributed by atoms with Crippen LogP contribution in [0, 0.1) is 0 Å². The lowest BCUT2D eigenvalue weighted by atomic mass is 10.0. The maximum atomic E-state index is 6.17. The third-order valence-electron chi connectivity index (χ3n) is 4.49. The van der Waals surface area contributed by atoms with Crippen LogP contribution in [-0.2, 0) is 0 Å². The molecule has 0 aliphatic heterocycles. The van der Waals surface area contributed by atoms with Crippen molar-refractivity contribution in [3.05, 3.63) is 30.3 Å². The summed E-state index contributed by atoms with van der Waals surface area (Å²) in [5.41, 5.74) is 0. The number of hydrogen-bond donors (Lipinski definition) is 0. The highest BCUT2D eigenvalue weighted by atomic mass is 79.9. The van der Waals surface area contributed by atoms with Crippen molar-refractivity contribution in [2.45, 2.75) is 83.7 Å². The average Bonchev–Trinajstić information content (AvgIpc) is 2.57. The first-order chi connectivity index (χ1) is 11.7. The molecule has 0 heterocycles. The van der Waals surface area contributed by atoms with Crippen LogP contribution in [0.15, 0.2) is 30.3 Å². The number of para-hydroxylation sites is 1. The van der Waals surface area contributed by atoms with Crippen LogP contribution in [0.3, 0.4) is 0 Å². The summed E-state index contributed by atoms with van der Waals surface area (Å²) in [6, 6.07) is 10.2. The zero-order valence-corrected chi connectivity index (χ0v) is 18.4. The van der Waals surface area contributed by atoms with Gasteiger partial charge in [0.1, 0.15) is 11.9 Å². The van der Waals surface area contributed by atoms with E-state index in [1.807, 2.05) is 18.2 Å². The van der Waals surface area contributed by atoms with Gasteiger partial charge in [-0.25, -0.2) is 0 Å². The van der Waals surface area contributed by atoms with Gasteiger partial charge in [-0.3, -0.25) is 0 Å². The lowest BCUT2D eigenvalue weighted by molar-refractivity contribution is 0.148. The van der Waals surface area contributed by atoms with Crippen LogP contribution in [0.4, 0.5) is 0 Å². The summed E-state index contributed by atoms with van der Waals surface area (Å²) in [4.78, 5) is 2.23. The number of halogens is 1. The molecule has 0 radical (unpaired) electrons. The molecular weight excluding hydrogens is 374 g/mol. The van der Waals surface area contributed by atoms with E-state index in [1.54, 1.807) is 0 Å². The highest BCUT2D eigenvalue weighted by Crippen LogP contribution is 2.16. The number of unbranched alkanes of at least 4 members (excludes halogenated alkanes) is 9. The molecule has 1 atom stereocenters. The van der Waals surface area contributed by atoms with Gasteiger partial charge in [0.25, 0.3) is 0 Å². The Labute approximate surface area is 167 Å². The zero-order chi connectivity index (χ0) is 17.5. The largest absolute Gasteiger partial charge is 0.489 e. The van der Waals surface area contributed by atoms with Crippen LogP contribution < -0.4 is 4.74 Å². The maximum Gasteiger partial charge on any atom is 0.119 e. The van der Waals surface area contributed by atoms with Crippen molar-refractivity contribution in [1.29, 1.82) is 0 Å². The summed E-state index contributed by atoms with van der Waals surface area (Å²) < 4.78 is 6.17. The molecule has 0 saturated heterocycles. The molecule has 1 aromatic carbocycles. The molecule has 0 aliphatic carbocycles. The van der Waals surface area contributed by atoms with E-state index in [9.17, 15) is 0 Å². The van der Waals surface area contributed by atoms with Gasteiger partial charge in [0.05, 0.1) is 0 Å². The lowest BCUT2D eigenvalue weighted by Gasteiger charge is -2.22. The summed E-state index contributed by atoms with van der Waals surface area (Å²) in [5, 5.41) is 0. The van der Waals surface area contributed by atoms with Gasteiger partial charge in [0.2, 0.25) is 0 Å². The van der Waals surface area contributed by atoms with E-state index in [1.165, 1.54) is 64.2 Å². The molecule has 0 aromatic heterocycles. The minimum atomic E-state index is 0. The molecule has 0 saturated carbocycles. The quantitative estimate of drug-likeness (QED) is 0.290. The Kier molecular flexibility index (Phi) is 16.5. The number of nitrogens with zero attached hydrogens (tertiary/aromatic N) is 1. The Hall–Kier alpha value is -0.540. The molecule has 146 valence electrons. The van der Waals surface area contributed by atoms with Crippen molar-refractivity contribution in [3.8, 4) is 5.75 Å². The van der Waals surface area contributed by atoms with Gasteiger partial charge in [-0.1, -0.05) is 82.9 Å². The van der Waals surface area contributed by atoms with Gasteiger partial charge in [-0.15, -0.1) is 17.0 Å². The second kappa shape index (κ2) is 16.9. The topological polar surface area (TPSA) is 12.5 Å². The van der Waals surface area contributed by atoms with Crippen molar-refractivity contribution in [2.24, 2.45) is 0 Å². The summed E-state index contributed by atoms with van der Waals surface area (Å²) in [6.07, 6.45) is 15.3. The molecular formula is C22H40BrNO. The Morgan fingerprint density at radius 2 is 1.32 bits per heavy atom. The van der Waals surface area contributed by atoms with Crippen molar-refractivity contribution >= 4 is 17.0 Å². The number of benzene rings is 1. The fraction of sp³-hybridized carbons (Fsp3) is 0.727. The number of hydrogen-bond acceptors (Lipinski definition) is 2. The average molecular weight is 414 g/mol. The van der Waals surface area contributed by atoms with Gasteiger partial charge in [0.15, 0.2) is 0 Å². The zero-order valence-electron chi connectivity index (χ0n) is 16.7. The van der Waals surface area contributed by atoms with Gasteiger partial charge in [0, 0.05) is 6.54 Å². The van der Waals surface area contributed by atoms with E-state index in [-0.39, 0.29) is 17.0 Å². The Morgan fingerprint density at radius 1 is 0.800 bits per heavy atom. The molecule has 0 N–H and O–H groups in total. The van der Waals surface area contributed by atoms with Crippen molar-refractivity contribution < 1.29 is 4.74 Å². The second-order valence-electron chi connectivity index (χ2n) is 7.29. The number of likely N-dealkylation sites (N-methyl/N-ethyl adjacent to an activating group) is 1. The molecule has 0 fully saturated rings. The summed E-state index contributed by atoms with van der Waals surface area (Å²) in [6.45, 7) is 3.28. The predicted molar refractivity (Wildman–Crippen MR) is 116 cm³/mol. The fourth-order valence-corrected chi connectivity index (χ4v) is 3.15. The van der Waals surface area contributed by atoms with E-state index in [2.05, 4.69) is 38.1 Å². The molecule has 1 aromatic rings. The highest BCUT2D eigenvalue weighted by Gasteiger charge is 2.11. The molecule has 1 unspecified atom stereocenters. The van der Waals surface area contributed by atoms with E-state index in [4.69, 9.17) is 4.74 Å². The lowest BCUT2D eigenvalue weighted by Crippen LogP contribution is -2.30. The van der Waals surface area contributed by atoms with Gasteiger partial charge in [-0.2, -0.15) is 0 Å².